The van der Waals surface area contributed by atoms with Crippen molar-refractivity contribution in [2.75, 3.05) is 11.5 Å². The number of hydrogen-bond acceptors (Lipinski definition) is 4. The second-order valence-corrected chi connectivity index (χ2v) is 7.20. The van der Waals surface area contributed by atoms with E-state index in [1.165, 1.54) is 23.9 Å². The van der Waals surface area contributed by atoms with E-state index in [0.717, 1.165) is 5.56 Å². The average Bonchev–Trinajstić information content (AvgIpc) is 3.10. The van der Waals surface area contributed by atoms with Crippen LogP contribution in [0.1, 0.15) is 22.3 Å². The van der Waals surface area contributed by atoms with E-state index >= 15 is 0 Å². The monoisotopic (exact) mass is 375 g/mol. The summed E-state index contributed by atoms with van der Waals surface area (Å²) in [4.78, 5) is 24.1. The molecule has 3 rings (SSSR count). The zero-order valence-electron chi connectivity index (χ0n) is 13.9. The molecule has 1 unspecified atom stereocenters. The Hall–Kier alpha value is -2.54. The highest BCUT2D eigenvalue weighted by Gasteiger charge is 2.43. The number of halogens is 1. The molecule has 2 aromatic rings. The SMILES string of the molecule is O=C(NC1(C(=O)O)CCSC1)c1cccc(COc2cccc(F)c2)c1. The molecule has 1 fully saturated rings. The first-order chi connectivity index (χ1) is 12.5. The van der Waals surface area contributed by atoms with Crippen LogP contribution >= 0.6 is 11.8 Å². The quantitative estimate of drug-likeness (QED) is 0.812. The molecule has 0 spiro atoms. The van der Waals surface area contributed by atoms with Crippen molar-refractivity contribution >= 4 is 23.6 Å². The standard InChI is InChI=1S/C19H18FNO4S/c20-15-5-2-6-16(10-15)25-11-13-3-1-4-14(9-13)17(22)21-19(18(23)24)7-8-26-12-19/h1-6,9-10H,7-8,11-12H2,(H,21,22)(H,23,24). The number of thioether (sulfide) groups is 1. The van der Waals surface area contributed by atoms with E-state index in [2.05, 4.69) is 5.32 Å². The zero-order chi connectivity index (χ0) is 18.6. The van der Waals surface area contributed by atoms with Crippen molar-refractivity contribution in [1.82, 2.24) is 5.32 Å². The van der Waals surface area contributed by atoms with Gasteiger partial charge in [-0.3, -0.25) is 4.79 Å². The van der Waals surface area contributed by atoms with Crippen molar-refractivity contribution in [3.63, 3.8) is 0 Å². The summed E-state index contributed by atoms with van der Waals surface area (Å²) in [7, 11) is 0. The van der Waals surface area contributed by atoms with Crippen LogP contribution in [-0.2, 0) is 11.4 Å². The third-order valence-corrected chi connectivity index (χ3v) is 5.36. The number of carbonyl (C=O) groups excluding carboxylic acids is 1. The van der Waals surface area contributed by atoms with Gasteiger partial charge in [0.05, 0.1) is 0 Å². The molecule has 1 aliphatic rings. The maximum absolute atomic E-state index is 13.2. The van der Waals surface area contributed by atoms with Gasteiger partial charge in [-0.15, -0.1) is 0 Å². The minimum Gasteiger partial charge on any atom is -0.489 e. The topological polar surface area (TPSA) is 75.6 Å². The number of carboxylic acid groups (broad SMARTS) is 1. The smallest absolute Gasteiger partial charge is 0.330 e. The molecule has 1 atom stereocenters. The zero-order valence-corrected chi connectivity index (χ0v) is 14.7. The summed E-state index contributed by atoms with van der Waals surface area (Å²) >= 11 is 1.51. The van der Waals surface area contributed by atoms with Gasteiger partial charge in [0.15, 0.2) is 0 Å². The highest BCUT2D eigenvalue weighted by molar-refractivity contribution is 7.99. The predicted molar refractivity (Wildman–Crippen MR) is 96.9 cm³/mol. The van der Waals surface area contributed by atoms with Crippen molar-refractivity contribution in [3.8, 4) is 5.75 Å². The fraction of sp³-hybridized carbons (Fsp3) is 0.263. The lowest BCUT2D eigenvalue weighted by molar-refractivity contribution is -0.143. The van der Waals surface area contributed by atoms with Gasteiger partial charge in [-0.25, -0.2) is 9.18 Å². The van der Waals surface area contributed by atoms with Crippen LogP contribution in [0.4, 0.5) is 4.39 Å². The van der Waals surface area contributed by atoms with Gasteiger partial charge >= 0.3 is 5.97 Å². The lowest BCUT2D eigenvalue weighted by atomic mass is 9.98. The molecule has 1 aliphatic heterocycles. The maximum atomic E-state index is 13.2. The number of benzene rings is 2. The van der Waals surface area contributed by atoms with Crippen molar-refractivity contribution in [1.29, 1.82) is 0 Å². The number of amides is 1. The normalized spacial score (nSPS) is 19.1. The second kappa shape index (κ2) is 7.78. The van der Waals surface area contributed by atoms with Crippen LogP contribution in [0.3, 0.4) is 0 Å². The third-order valence-electron chi connectivity index (χ3n) is 4.17. The molecule has 136 valence electrons. The van der Waals surface area contributed by atoms with Crippen LogP contribution < -0.4 is 10.1 Å². The summed E-state index contributed by atoms with van der Waals surface area (Å²) in [6.45, 7) is 0.171. The summed E-state index contributed by atoms with van der Waals surface area (Å²) < 4.78 is 18.7. The number of carbonyl (C=O) groups is 2. The Bertz CT molecular complexity index is 821. The van der Waals surface area contributed by atoms with Gasteiger partial charge in [-0.05, 0) is 42.0 Å². The predicted octanol–water partition coefficient (Wildman–Crippen LogP) is 3.09. The highest BCUT2D eigenvalue weighted by Crippen LogP contribution is 2.28. The fourth-order valence-corrected chi connectivity index (χ4v) is 4.03. The van der Waals surface area contributed by atoms with E-state index in [4.69, 9.17) is 4.74 Å². The first-order valence-electron chi connectivity index (χ1n) is 8.09. The molecule has 26 heavy (non-hydrogen) atoms. The largest absolute Gasteiger partial charge is 0.489 e. The summed E-state index contributed by atoms with van der Waals surface area (Å²) in [5, 5.41) is 12.1. The number of carboxylic acids is 1. The molecule has 1 amide bonds. The molecular weight excluding hydrogens is 357 g/mol. The van der Waals surface area contributed by atoms with Crippen LogP contribution in [0, 0.1) is 5.82 Å². The number of nitrogens with one attached hydrogen (secondary N) is 1. The van der Waals surface area contributed by atoms with Crippen LogP contribution in [0.5, 0.6) is 5.75 Å². The molecule has 1 heterocycles. The van der Waals surface area contributed by atoms with E-state index in [-0.39, 0.29) is 12.4 Å². The maximum Gasteiger partial charge on any atom is 0.330 e. The molecule has 0 saturated carbocycles. The molecule has 0 aliphatic carbocycles. The molecular formula is C19H18FNO4S. The molecule has 2 N–H and O–H groups in total. The molecule has 0 aromatic heterocycles. The Morgan fingerprint density at radius 1 is 1.23 bits per heavy atom. The summed E-state index contributed by atoms with van der Waals surface area (Å²) in [5.41, 5.74) is -0.120. The number of ether oxygens (including phenoxy) is 1. The molecule has 0 bridgehead atoms. The minimum absolute atomic E-state index is 0.171. The van der Waals surface area contributed by atoms with E-state index in [0.29, 0.717) is 29.2 Å². The lowest BCUT2D eigenvalue weighted by Gasteiger charge is -2.24. The van der Waals surface area contributed by atoms with Crippen molar-refractivity contribution in [2.45, 2.75) is 18.6 Å². The van der Waals surface area contributed by atoms with Crippen LogP contribution in [0.15, 0.2) is 48.5 Å². The van der Waals surface area contributed by atoms with Gasteiger partial charge in [0.1, 0.15) is 23.7 Å². The highest BCUT2D eigenvalue weighted by atomic mass is 32.2. The molecule has 0 radical (unpaired) electrons. The Labute approximate surface area is 154 Å². The van der Waals surface area contributed by atoms with E-state index in [9.17, 15) is 19.1 Å². The Balaban J connectivity index is 1.68. The summed E-state index contributed by atoms with van der Waals surface area (Å²) in [6.07, 6.45) is 0.404. The van der Waals surface area contributed by atoms with E-state index in [1.807, 2.05) is 0 Å². The number of aliphatic carboxylic acids is 1. The average molecular weight is 375 g/mol. The third kappa shape index (κ3) is 4.16. The van der Waals surface area contributed by atoms with Crippen molar-refractivity contribution < 1.29 is 23.8 Å². The Kier molecular flexibility index (Phi) is 5.46. The number of rotatable bonds is 6. The van der Waals surface area contributed by atoms with Gasteiger partial charge in [0, 0.05) is 17.4 Å². The van der Waals surface area contributed by atoms with Crippen molar-refractivity contribution in [2.24, 2.45) is 0 Å². The number of hydrogen-bond donors (Lipinski definition) is 2. The van der Waals surface area contributed by atoms with Crippen LogP contribution in [0.25, 0.3) is 0 Å². The first kappa shape index (κ1) is 18.3. The van der Waals surface area contributed by atoms with Gasteiger partial charge in [0.25, 0.3) is 5.91 Å². The summed E-state index contributed by atoms with van der Waals surface area (Å²) in [5.74, 6) is -0.370. The van der Waals surface area contributed by atoms with Gasteiger partial charge in [0.2, 0.25) is 0 Å². The minimum atomic E-state index is -1.21. The molecule has 5 nitrogen and oxygen atoms in total. The van der Waals surface area contributed by atoms with Crippen molar-refractivity contribution in [3.05, 3.63) is 65.5 Å². The molecule has 1 saturated heterocycles. The van der Waals surface area contributed by atoms with Crippen LogP contribution in [-0.4, -0.2) is 34.0 Å². The Morgan fingerprint density at radius 2 is 2.04 bits per heavy atom. The van der Waals surface area contributed by atoms with Gasteiger partial charge in [-0.2, -0.15) is 11.8 Å². The Morgan fingerprint density at radius 3 is 2.73 bits per heavy atom. The van der Waals surface area contributed by atoms with Crippen LogP contribution in [0.2, 0.25) is 0 Å². The first-order valence-corrected chi connectivity index (χ1v) is 9.25. The van der Waals surface area contributed by atoms with Gasteiger partial charge < -0.3 is 15.2 Å². The molecule has 2 aromatic carbocycles. The van der Waals surface area contributed by atoms with Gasteiger partial charge in [-0.1, -0.05) is 18.2 Å². The lowest BCUT2D eigenvalue weighted by Crippen LogP contribution is -2.54. The fourth-order valence-electron chi connectivity index (χ4n) is 2.70. The molecule has 7 heteroatoms. The second-order valence-electron chi connectivity index (χ2n) is 6.09. The van der Waals surface area contributed by atoms with E-state index < -0.39 is 17.4 Å². The summed E-state index contributed by atoms with van der Waals surface area (Å²) in [6, 6.07) is 12.6. The van der Waals surface area contributed by atoms with E-state index in [1.54, 1.807) is 36.4 Å².